The summed E-state index contributed by atoms with van der Waals surface area (Å²) in [4.78, 5) is 23.3. The summed E-state index contributed by atoms with van der Waals surface area (Å²) in [6.45, 7) is 0. The maximum Gasteiger partial charge on any atom is 0.331 e. The van der Waals surface area contributed by atoms with Gasteiger partial charge < -0.3 is 4.74 Å². The highest BCUT2D eigenvalue weighted by Gasteiger charge is 2.25. The van der Waals surface area contributed by atoms with Gasteiger partial charge in [-0.2, -0.15) is 5.10 Å². The van der Waals surface area contributed by atoms with E-state index in [1.807, 2.05) is 30.3 Å². The minimum atomic E-state index is -0.613. The number of hydrogen-bond acceptors (Lipinski definition) is 6. The number of carbonyl (C=O) groups excluding carboxylic acids is 2. The zero-order valence-corrected chi connectivity index (χ0v) is 16.8. The smallest absolute Gasteiger partial charge is 0.331 e. The number of esters is 1. The van der Waals surface area contributed by atoms with Gasteiger partial charge in [-0.1, -0.05) is 53.5 Å². The van der Waals surface area contributed by atoms with E-state index in [0.29, 0.717) is 10.0 Å². The van der Waals surface area contributed by atoms with E-state index < -0.39 is 11.9 Å². The second-order valence-corrected chi connectivity index (χ2v) is 7.30. The monoisotopic (exact) mass is 433 g/mol. The van der Waals surface area contributed by atoms with Crippen LogP contribution in [0, 0.1) is 0 Å². The van der Waals surface area contributed by atoms with Gasteiger partial charge in [0.1, 0.15) is 0 Å². The molecule has 0 bridgehead atoms. The van der Waals surface area contributed by atoms with Crippen molar-refractivity contribution in [2.45, 2.75) is 0 Å². The topological polar surface area (TPSA) is 80.1 Å². The molecule has 142 valence electrons. The second-order valence-electron chi connectivity index (χ2n) is 5.45. The first kappa shape index (κ1) is 20.1. The van der Waals surface area contributed by atoms with E-state index in [0.717, 1.165) is 34.5 Å². The van der Waals surface area contributed by atoms with Crippen LogP contribution in [-0.4, -0.2) is 30.4 Å². The number of carbonyl (C=O) groups is 2. The van der Waals surface area contributed by atoms with Gasteiger partial charge in [0.25, 0.3) is 5.91 Å². The molecule has 1 aliphatic heterocycles. The predicted molar refractivity (Wildman–Crippen MR) is 113 cm³/mol. The van der Waals surface area contributed by atoms with Gasteiger partial charge in [-0.25, -0.2) is 4.79 Å². The molecular formula is C19H13Cl2N3O3S. The fraction of sp³-hybridized carbons (Fsp3) is 0.0526. The maximum absolute atomic E-state index is 11.8. The Kier molecular flexibility index (Phi) is 6.51. The number of methoxy groups -OCH3 is 1. The number of amides is 1. The second kappa shape index (κ2) is 9.05. The molecule has 9 heteroatoms. The Hall–Kier alpha value is -2.61. The van der Waals surface area contributed by atoms with Crippen LogP contribution in [0.1, 0.15) is 5.56 Å². The van der Waals surface area contributed by atoms with Crippen LogP contribution in [-0.2, 0) is 14.3 Å². The number of halogens is 2. The Bertz CT molecular complexity index is 1030. The highest BCUT2D eigenvalue weighted by atomic mass is 35.5. The van der Waals surface area contributed by atoms with Crippen LogP contribution >= 0.6 is 35.0 Å². The quantitative estimate of drug-likeness (QED) is 0.337. The van der Waals surface area contributed by atoms with Crippen molar-refractivity contribution in [3.63, 3.8) is 0 Å². The van der Waals surface area contributed by atoms with E-state index in [9.17, 15) is 9.59 Å². The van der Waals surface area contributed by atoms with Crippen molar-refractivity contribution in [2.24, 2.45) is 10.2 Å². The first-order chi connectivity index (χ1) is 13.5. The molecule has 0 spiro atoms. The van der Waals surface area contributed by atoms with Gasteiger partial charge >= 0.3 is 5.97 Å². The van der Waals surface area contributed by atoms with E-state index in [4.69, 9.17) is 23.2 Å². The molecule has 2 aromatic rings. The zero-order valence-electron chi connectivity index (χ0n) is 14.5. The Morgan fingerprint density at radius 1 is 1.18 bits per heavy atom. The molecule has 0 aliphatic carbocycles. The number of rotatable bonds is 4. The Morgan fingerprint density at radius 3 is 2.71 bits per heavy atom. The van der Waals surface area contributed by atoms with Crippen LogP contribution < -0.4 is 5.32 Å². The molecule has 1 fully saturated rings. The fourth-order valence-corrected chi connectivity index (χ4v) is 3.36. The number of hydrogen-bond donors (Lipinski definition) is 1. The minimum absolute atomic E-state index is 0.192. The first-order valence-corrected chi connectivity index (χ1v) is 9.49. The fourth-order valence-electron chi connectivity index (χ4n) is 2.32. The molecule has 0 radical (unpaired) electrons. The Morgan fingerprint density at radius 2 is 1.96 bits per heavy atom. The average molecular weight is 434 g/mol. The zero-order chi connectivity index (χ0) is 20.1. The molecule has 1 aliphatic rings. The minimum Gasteiger partial charge on any atom is -0.466 e. The number of thioether (sulfide) groups is 1. The van der Waals surface area contributed by atoms with Crippen LogP contribution in [0.5, 0.6) is 0 Å². The van der Waals surface area contributed by atoms with Gasteiger partial charge in [-0.3, -0.25) is 10.1 Å². The van der Waals surface area contributed by atoms with E-state index in [-0.39, 0.29) is 10.1 Å². The van der Waals surface area contributed by atoms with Crippen molar-refractivity contribution < 1.29 is 14.3 Å². The number of benzene rings is 2. The number of ether oxygens (including phenoxy) is 1. The van der Waals surface area contributed by atoms with Crippen LogP contribution in [0.3, 0.4) is 0 Å². The molecule has 0 unspecified atom stereocenters. The number of nitrogens with one attached hydrogen (secondary N) is 1. The van der Waals surface area contributed by atoms with Crippen molar-refractivity contribution in [1.29, 1.82) is 0 Å². The Balaban J connectivity index is 1.81. The van der Waals surface area contributed by atoms with Crippen molar-refractivity contribution in [1.82, 2.24) is 5.32 Å². The normalized spacial score (nSPS) is 16.8. The van der Waals surface area contributed by atoms with E-state index in [2.05, 4.69) is 20.3 Å². The number of nitrogens with zero attached hydrogens (tertiary/aromatic N) is 2. The van der Waals surface area contributed by atoms with E-state index in [1.165, 1.54) is 7.11 Å². The van der Waals surface area contributed by atoms with Gasteiger partial charge in [0.15, 0.2) is 5.17 Å². The molecule has 0 aromatic heterocycles. The third-order valence-corrected chi connectivity index (χ3v) is 5.28. The first-order valence-electron chi connectivity index (χ1n) is 7.92. The highest BCUT2D eigenvalue weighted by Crippen LogP contribution is 2.30. The van der Waals surface area contributed by atoms with Crippen molar-refractivity contribution in [2.75, 3.05) is 7.11 Å². The molecule has 2 aromatic carbocycles. The van der Waals surface area contributed by atoms with Crippen molar-refractivity contribution >= 4 is 58.2 Å². The molecule has 1 amide bonds. The summed E-state index contributed by atoms with van der Waals surface area (Å²) in [7, 11) is 1.24. The third-order valence-electron chi connectivity index (χ3n) is 3.64. The molecule has 1 N–H and O–H groups in total. The molecule has 6 nitrogen and oxygen atoms in total. The lowest BCUT2D eigenvalue weighted by atomic mass is 10.0. The van der Waals surface area contributed by atoms with Gasteiger partial charge in [0, 0.05) is 11.6 Å². The SMILES string of the molecule is COC(=O)/C=C1/S/C(=N\N=Cc2ccccc2-c2ccc(Cl)c(Cl)c2)NC1=O. The molecule has 1 saturated heterocycles. The van der Waals surface area contributed by atoms with Gasteiger partial charge in [-0.05, 0) is 35.0 Å². The molecule has 0 saturated carbocycles. The van der Waals surface area contributed by atoms with Crippen LogP contribution in [0.2, 0.25) is 10.0 Å². The summed E-state index contributed by atoms with van der Waals surface area (Å²) in [5, 5.41) is 11.8. The largest absolute Gasteiger partial charge is 0.466 e. The standard InChI is InChI=1S/C19H13Cl2N3O3S/c1-27-17(25)9-16-18(26)23-19(28-16)24-22-10-12-4-2-3-5-13(12)11-6-7-14(20)15(21)8-11/h2-10H,1H3,(H,23,24,26)/b16-9+,22-10?. The summed E-state index contributed by atoms with van der Waals surface area (Å²) < 4.78 is 4.51. The lowest BCUT2D eigenvalue weighted by Gasteiger charge is -2.06. The third kappa shape index (κ3) is 4.81. The molecule has 28 heavy (non-hydrogen) atoms. The summed E-state index contributed by atoms with van der Waals surface area (Å²) in [5.41, 5.74) is 2.60. The van der Waals surface area contributed by atoms with Crippen LogP contribution in [0.15, 0.2) is 63.6 Å². The Labute approximate surface area is 175 Å². The summed E-state index contributed by atoms with van der Waals surface area (Å²) in [6, 6.07) is 13.0. The molecule has 1 heterocycles. The summed E-state index contributed by atoms with van der Waals surface area (Å²) in [5.74, 6) is -1.04. The van der Waals surface area contributed by atoms with Gasteiger partial charge in [0.2, 0.25) is 0 Å². The number of amidine groups is 1. The summed E-state index contributed by atoms with van der Waals surface area (Å²) in [6.07, 6.45) is 2.67. The van der Waals surface area contributed by atoms with Crippen molar-refractivity contribution in [3.05, 3.63) is 69.1 Å². The van der Waals surface area contributed by atoms with Gasteiger partial charge in [-0.15, -0.1) is 5.10 Å². The van der Waals surface area contributed by atoms with Gasteiger partial charge in [0.05, 0.1) is 28.3 Å². The van der Waals surface area contributed by atoms with E-state index in [1.54, 1.807) is 18.3 Å². The predicted octanol–water partition coefficient (Wildman–Crippen LogP) is 4.27. The van der Waals surface area contributed by atoms with Crippen molar-refractivity contribution in [3.8, 4) is 11.1 Å². The van der Waals surface area contributed by atoms with Crippen LogP contribution in [0.25, 0.3) is 11.1 Å². The molecule has 0 atom stereocenters. The average Bonchev–Trinajstić information content (AvgIpc) is 3.03. The maximum atomic E-state index is 11.8. The van der Waals surface area contributed by atoms with E-state index >= 15 is 0 Å². The highest BCUT2D eigenvalue weighted by molar-refractivity contribution is 8.18. The van der Waals surface area contributed by atoms with Crippen LogP contribution in [0.4, 0.5) is 0 Å². The molecule has 3 rings (SSSR count). The summed E-state index contributed by atoms with van der Waals surface area (Å²) >= 11 is 13.1. The molecular weight excluding hydrogens is 421 g/mol. The lowest BCUT2D eigenvalue weighted by Crippen LogP contribution is -2.19. The lowest BCUT2D eigenvalue weighted by molar-refractivity contribution is -0.135.